The van der Waals surface area contributed by atoms with Crippen molar-refractivity contribution in [1.82, 2.24) is 10.6 Å². The van der Waals surface area contributed by atoms with Crippen molar-refractivity contribution in [2.75, 3.05) is 20.1 Å². The zero-order valence-electron chi connectivity index (χ0n) is 8.30. The van der Waals surface area contributed by atoms with Gasteiger partial charge in [0.05, 0.1) is 5.70 Å². The Hall–Kier alpha value is -1.29. The molecule has 0 aliphatic heterocycles. The van der Waals surface area contributed by atoms with Crippen LogP contribution in [-0.2, 0) is 0 Å². The molecule has 0 heterocycles. The Morgan fingerprint density at radius 3 is 2.69 bits per heavy atom. The molecule has 0 unspecified atom stereocenters. The predicted molar refractivity (Wildman–Crippen MR) is 57.5 cm³/mol. The van der Waals surface area contributed by atoms with E-state index in [1.54, 1.807) is 12.3 Å². The molecule has 0 aliphatic carbocycles. The molecule has 0 radical (unpaired) electrons. The lowest BCUT2D eigenvalue weighted by molar-refractivity contribution is 0.720. The molecule has 0 bridgehead atoms. The highest BCUT2D eigenvalue weighted by Crippen LogP contribution is 1.96. The molecule has 0 aromatic rings. The van der Waals surface area contributed by atoms with Crippen LogP contribution >= 0.6 is 0 Å². The Balaban J connectivity index is 4.15. The lowest BCUT2D eigenvalue weighted by atomic mass is 10.4. The third-order valence-corrected chi connectivity index (χ3v) is 1.44. The van der Waals surface area contributed by atoms with Crippen LogP contribution in [0.15, 0.2) is 29.2 Å². The molecule has 0 aliphatic rings. The van der Waals surface area contributed by atoms with Gasteiger partial charge >= 0.3 is 0 Å². The summed E-state index contributed by atoms with van der Waals surface area (Å²) in [5, 5.41) is 6.13. The van der Waals surface area contributed by atoms with Gasteiger partial charge in [-0.25, -0.2) is 4.99 Å². The second-order valence-corrected chi connectivity index (χ2v) is 2.42. The number of nitrogens with zero attached hydrogens (tertiary/aromatic N) is 1. The number of nitrogens with two attached hydrogens (primary N) is 1. The summed E-state index contributed by atoms with van der Waals surface area (Å²) in [5.74, 6) is 0.466. The molecule has 0 amide bonds. The summed E-state index contributed by atoms with van der Waals surface area (Å²) >= 11 is 0. The van der Waals surface area contributed by atoms with Crippen LogP contribution in [0.3, 0.4) is 0 Å². The van der Waals surface area contributed by atoms with E-state index in [9.17, 15) is 0 Å². The van der Waals surface area contributed by atoms with Gasteiger partial charge in [-0.05, 0) is 20.0 Å². The molecule has 0 spiro atoms. The first-order chi connectivity index (χ1) is 6.26. The van der Waals surface area contributed by atoms with E-state index < -0.39 is 0 Å². The Kier molecular flexibility index (Phi) is 6.63. The molecular weight excluding hydrogens is 164 g/mol. The summed E-state index contributed by atoms with van der Waals surface area (Å²) in [6, 6.07) is 0. The molecule has 0 rings (SSSR count). The van der Waals surface area contributed by atoms with E-state index in [0.29, 0.717) is 5.82 Å². The van der Waals surface area contributed by atoms with E-state index in [1.165, 1.54) is 0 Å². The van der Waals surface area contributed by atoms with Crippen molar-refractivity contribution < 1.29 is 0 Å². The first-order valence-electron chi connectivity index (χ1n) is 4.25. The van der Waals surface area contributed by atoms with Crippen molar-refractivity contribution in [1.29, 1.82) is 0 Å². The average molecular weight is 182 g/mol. The zero-order valence-corrected chi connectivity index (χ0v) is 8.30. The quantitative estimate of drug-likeness (QED) is 0.312. The van der Waals surface area contributed by atoms with Crippen molar-refractivity contribution in [3.8, 4) is 0 Å². The molecule has 0 aromatic carbocycles. The van der Waals surface area contributed by atoms with Crippen LogP contribution in [0.1, 0.15) is 6.92 Å². The third kappa shape index (κ3) is 5.03. The molecule has 0 saturated heterocycles. The lowest BCUT2D eigenvalue weighted by Gasteiger charge is -2.07. The molecular formula is C9H18N4. The highest BCUT2D eigenvalue weighted by atomic mass is 15.0. The van der Waals surface area contributed by atoms with Gasteiger partial charge < -0.3 is 16.4 Å². The maximum atomic E-state index is 5.65. The standard InChI is InChI=1S/C9H18N4/c1-4-8(9(10)12-5-2)13-7-6-11-3/h4-5,11,13H,1,6-7,10H2,2-3H3/b9-8+,12-5?. The summed E-state index contributed by atoms with van der Waals surface area (Å²) in [7, 11) is 1.90. The summed E-state index contributed by atoms with van der Waals surface area (Å²) < 4.78 is 0. The summed E-state index contributed by atoms with van der Waals surface area (Å²) in [4.78, 5) is 3.95. The molecule has 13 heavy (non-hydrogen) atoms. The highest BCUT2D eigenvalue weighted by Gasteiger charge is 1.95. The molecule has 0 atom stereocenters. The fraction of sp³-hybridized carbons (Fsp3) is 0.444. The van der Waals surface area contributed by atoms with Gasteiger partial charge in [0.1, 0.15) is 5.82 Å². The monoisotopic (exact) mass is 182 g/mol. The number of likely N-dealkylation sites (N-methyl/N-ethyl adjacent to an activating group) is 1. The van der Waals surface area contributed by atoms with Crippen molar-refractivity contribution in [2.45, 2.75) is 6.92 Å². The number of hydrogen-bond donors (Lipinski definition) is 3. The molecule has 4 nitrogen and oxygen atoms in total. The summed E-state index contributed by atoms with van der Waals surface area (Å²) in [6.07, 6.45) is 3.32. The van der Waals surface area contributed by atoms with Crippen LogP contribution < -0.4 is 16.4 Å². The van der Waals surface area contributed by atoms with Crippen LogP contribution in [0, 0.1) is 0 Å². The minimum Gasteiger partial charge on any atom is -0.382 e. The Morgan fingerprint density at radius 1 is 1.54 bits per heavy atom. The van der Waals surface area contributed by atoms with Gasteiger partial charge in [-0.3, -0.25) is 0 Å². The molecule has 0 aromatic heterocycles. The second-order valence-electron chi connectivity index (χ2n) is 2.42. The topological polar surface area (TPSA) is 62.4 Å². The van der Waals surface area contributed by atoms with Crippen molar-refractivity contribution >= 4 is 6.21 Å². The molecule has 4 heteroatoms. The largest absolute Gasteiger partial charge is 0.382 e. The molecule has 74 valence electrons. The van der Waals surface area contributed by atoms with Crippen LogP contribution in [0.25, 0.3) is 0 Å². The van der Waals surface area contributed by atoms with E-state index >= 15 is 0 Å². The predicted octanol–water partition coefficient (Wildman–Crippen LogP) is 0.200. The average Bonchev–Trinajstić information content (AvgIpc) is 2.13. The summed E-state index contributed by atoms with van der Waals surface area (Å²) in [5.41, 5.74) is 6.42. The van der Waals surface area contributed by atoms with Gasteiger partial charge in [0.25, 0.3) is 0 Å². The van der Waals surface area contributed by atoms with E-state index in [2.05, 4.69) is 22.2 Å². The second kappa shape index (κ2) is 7.36. The van der Waals surface area contributed by atoms with Gasteiger partial charge in [0.2, 0.25) is 0 Å². The van der Waals surface area contributed by atoms with Crippen molar-refractivity contribution in [2.24, 2.45) is 10.7 Å². The van der Waals surface area contributed by atoms with Gasteiger partial charge in [-0.15, -0.1) is 0 Å². The number of aliphatic imine (C=N–C) groups is 1. The number of hydrogen-bond acceptors (Lipinski definition) is 4. The number of rotatable bonds is 6. The molecule has 4 N–H and O–H groups in total. The van der Waals surface area contributed by atoms with Crippen LogP contribution in [-0.4, -0.2) is 26.4 Å². The van der Waals surface area contributed by atoms with Gasteiger partial charge in [0, 0.05) is 19.3 Å². The molecule has 0 fully saturated rings. The Bertz CT molecular complexity index is 206. The minimum atomic E-state index is 0.466. The maximum absolute atomic E-state index is 5.65. The fourth-order valence-corrected chi connectivity index (χ4v) is 0.798. The van der Waals surface area contributed by atoms with Gasteiger partial charge in [-0.2, -0.15) is 0 Å². The fourth-order valence-electron chi connectivity index (χ4n) is 0.798. The highest BCUT2D eigenvalue weighted by molar-refractivity contribution is 5.55. The first-order valence-corrected chi connectivity index (χ1v) is 4.25. The van der Waals surface area contributed by atoms with Crippen LogP contribution in [0.5, 0.6) is 0 Å². The van der Waals surface area contributed by atoms with E-state index in [0.717, 1.165) is 18.8 Å². The Labute approximate surface area is 79.6 Å². The van der Waals surface area contributed by atoms with Gasteiger partial charge in [-0.1, -0.05) is 6.58 Å². The maximum Gasteiger partial charge on any atom is 0.146 e. The van der Waals surface area contributed by atoms with Crippen molar-refractivity contribution in [3.63, 3.8) is 0 Å². The SMILES string of the molecule is C=C/C(NCCNC)=C(/N)N=CC. The third-order valence-electron chi connectivity index (χ3n) is 1.44. The lowest BCUT2D eigenvalue weighted by Crippen LogP contribution is -2.25. The molecule has 0 saturated carbocycles. The minimum absolute atomic E-state index is 0.466. The van der Waals surface area contributed by atoms with E-state index in [1.807, 2.05) is 14.0 Å². The number of nitrogens with one attached hydrogen (secondary N) is 2. The van der Waals surface area contributed by atoms with Crippen LogP contribution in [0.4, 0.5) is 0 Å². The van der Waals surface area contributed by atoms with E-state index in [4.69, 9.17) is 5.73 Å². The van der Waals surface area contributed by atoms with E-state index in [-0.39, 0.29) is 0 Å². The smallest absolute Gasteiger partial charge is 0.146 e. The normalized spacial score (nSPS) is 12.8. The van der Waals surface area contributed by atoms with Gasteiger partial charge in [0.15, 0.2) is 0 Å². The van der Waals surface area contributed by atoms with Crippen LogP contribution in [0.2, 0.25) is 0 Å². The Morgan fingerprint density at radius 2 is 2.23 bits per heavy atom. The number of allylic oxidation sites excluding steroid dienone is 1. The first kappa shape index (κ1) is 11.7. The summed E-state index contributed by atoms with van der Waals surface area (Å²) in [6.45, 7) is 7.15. The van der Waals surface area contributed by atoms with Crippen molar-refractivity contribution in [3.05, 3.63) is 24.2 Å². The zero-order chi connectivity index (χ0) is 10.1.